The van der Waals surface area contributed by atoms with Crippen LogP contribution in [0, 0.1) is 13.8 Å². The molecule has 0 spiro atoms. The van der Waals surface area contributed by atoms with E-state index in [1.165, 1.54) is 0 Å². The first-order valence-corrected chi connectivity index (χ1v) is 7.86. The van der Waals surface area contributed by atoms with Crippen LogP contribution >= 0.6 is 0 Å². The highest BCUT2D eigenvalue weighted by atomic mass is 16.5. The summed E-state index contributed by atoms with van der Waals surface area (Å²) < 4.78 is 5.88. The minimum atomic E-state index is -0.661. The number of amides is 2. The van der Waals surface area contributed by atoms with Crippen molar-refractivity contribution < 1.29 is 14.3 Å². The van der Waals surface area contributed by atoms with Crippen LogP contribution in [-0.2, 0) is 4.79 Å². The molecule has 0 aliphatic heterocycles. The maximum Gasteiger partial charge on any atom is 0.265 e. The first-order valence-electron chi connectivity index (χ1n) is 7.86. The Hall–Kier alpha value is -2.82. The largest absolute Gasteiger partial charge is 0.480 e. The minimum Gasteiger partial charge on any atom is -0.480 e. The third-order valence-corrected chi connectivity index (χ3v) is 3.94. The number of carbonyl (C=O) groups is 2. The number of nitrogens with two attached hydrogens (primary N) is 1. The van der Waals surface area contributed by atoms with E-state index in [2.05, 4.69) is 5.32 Å². The first-order chi connectivity index (χ1) is 11.4. The second kappa shape index (κ2) is 7.64. The monoisotopic (exact) mass is 326 g/mol. The van der Waals surface area contributed by atoms with Crippen molar-refractivity contribution >= 4 is 17.5 Å². The average Bonchev–Trinajstić information content (AvgIpc) is 2.56. The van der Waals surface area contributed by atoms with Crippen LogP contribution in [-0.4, -0.2) is 17.9 Å². The van der Waals surface area contributed by atoms with Gasteiger partial charge in [-0.1, -0.05) is 31.2 Å². The van der Waals surface area contributed by atoms with Gasteiger partial charge in [0.2, 0.25) is 0 Å². The number of rotatable bonds is 6. The van der Waals surface area contributed by atoms with E-state index in [1.54, 1.807) is 24.3 Å². The van der Waals surface area contributed by atoms with Gasteiger partial charge in [0.05, 0.1) is 11.3 Å². The van der Waals surface area contributed by atoms with Gasteiger partial charge < -0.3 is 15.8 Å². The Kier molecular flexibility index (Phi) is 5.58. The van der Waals surface area contributed by atoms with Gasteiger partial charge in [0.1, 0.15) is 5.75 Å². The van der Waals surface area contributed by atoms with E-state index >= 15 is 0 Å². The minimum absolute atomic E-state index is 0.271. The summed E-state index contributed by atoms with van der Waals surface area (Å²) in [6, 6.07) is 12.4. The van der Waals surface area contributed by atoms with Gasteiger partial charge in [-0.3, -0.25) is 9.59 Å². The normalized spacial score (nSPS) is 11.6. The Morgan fingerprint density at radius 2 is 1.83 bits per heavy atom. The predicted molar refractivity (Wildman–Crippen MR) is 94.2 cm³/mol. The topological polar surface area (TPSA) is 81.4 Å². The molecule has 0 saturated carbocycles. The summed E-state index contributed by atoms with van der Waals surface area (Å²) in [5.74, 6) is -0.221. The van der Waals surface area contributed by atoms with Crippen molar-refractivity contribution in [3.05, 3.63) is 59.2 Å². The highest BCUT2D eigenvalue weighted by Gasteiger charge is 2.21. The van der Waals surface area contributed by atoms with Crippen molar-refractivity contribution in [2.24, 2.45) is 5.73 Å². The van der Waals surface area contributed by atoms with Crippen LogP contribution in [0.25, 0.3) is 0 Å². The number of benzene rings is 2. The molecule has 0 aromatic heterocycles. The molecular weight excluding hydrogens is 304 g/mol. The number of nitrogens with one attached hydrogen (secondary N) is 1. The predicted octanol–water partition coefficient (Wildman–Crippen LogP) is 3.20. The van der Waals surface area contributed by atoms with E-state index in [9.17, 15) is 9.59 Å². The van der Waals surface area contributed by atoms with Crippen molar-refractivity contribution in [2.75, 3.05) is 5.32 Å². The molecule has 0 unspecified atom stereocenters. The molecular formula is C19H22N2O3. The third kappa shape index (κ3) is 3.93. The fourth-order valence-electron chi connectivity index (χ4n) is 2.35. The van der Waals surface area contributed by atoms with Crippen molar-refractivity contribution in [1.82, 2.24) is 0 Å². The molecule has 24 heavy (non-hydrogen) atoms. The van der Waals surface area contributed by atoms with E-state index in [0.29, 0.717) is 17.9 Å². The van der Waals surface area contributed by atoms with Crippen molar-refractivity contribution in [3.63, 3.8) is 0 Å². The van der Waals surface area contributed by atoms with Crippen molar-refractivity contribution in [2.45, 2.75) is 33.3 Å². The summed E-state index contributed by atoms with van der Waals surface area (Å²) in [6.45, 7) is 5.82. The molecule has 126 valence electrons. The number of hydrogen-bond acceptors (Lipinski definition) is 3. The van der Waals surface area contributed by atoms with E-state index in [1.807, 2.05) is 39.0 Å². The van der Waals surface area contributed by atoms with Crippen molar-refractivity contribution in [3.8, 4) is 5.75 Å². The lowest BCUT2D eigenvalue weighted by Crippen LogP contribution is -2.33. The molecule has 0 fully saturated rings. The molecule has 0 heterocycles. The van der Waals surface area contributed by atoms with Crippen LogP contribution in [0.15, 0.2) is 42.5 Å². The summed E-state index contributed by atoms with van der Waals surface area (Å²) in [4.78, 5) is 24.0. The summed E-state index contributed by atoms with van der Waals surface area (Å²) in [6.07, 6.45) is -0.163. The van der Waals surface area contributed by atoms with Crippen LogP contribution in [0.3, 0.4) is 0 Å². The first kappa shape index (κ1) is 17.5. The van der Waals surface area contributed by atoms with Crippen LogP contribution in [0.2, 0.25) is 0 Å². The highest BCUT2D eigenvalue weighted by molar-refractivity contribution is 6.04. The lowest BCUT2D eigenvalue weighted by molar-refractivity contribution is -0.122. The number of hydrogen-bond donors (Lipinski definition) is 2. The zero-order chi connectivity index (χ0) is 17.7. The summed E-state index contributed by atoms with van der Waals surface area (Å²) in [5.41, 5.74) is 8.10. The molecule has 2 rings (SSSR count). The van der Waals surface area contributed by atoms with Gasteiger partial charge in [0.15, 0.2) is 6.10 Å². The Labute approximate surface area is 141 Å². The van der Waals surface area contributed by atoms with E-state index in [0.717, 1.165) is 11.1 Å². The molecule has 1 atom stereocenters. The van der Waals surface area contributed by atoms with Gasteiger partial charge in [-0.05, 0) is 49.6 Å². The third-order valence-electron chi connectivity index (χ3n) is 3.94. The van der Waals surface area contributed by atoms with E-state index in [4.69, 9.17) is 10.5 Å². The van der Waals surface area contributed by atoms with Crippen LogP contribution in [0.4, 0.5) is 5.69 Å². The number of anilines is 1. The SMILES string of the molecule is CC[C@@H](Oc1cccc(C)c1C)C(=O)Nc1ccccc1C(N)=O. The number of primary amides is 1. The zero-order valence-electron chi connectivity index (χ0n) is 14.1. The number of ether oxygens (including phenoxy) is 1. The van der Waals surface area contributed by atoms with E-state index in [-0.39, 0.29) is 11.5 Å². The Bertz CT molecular complexity index is 756. The van der Waals surface area contributed by atoms with Gasteiger partial charge in [0, 0.05) is 0 Å². The van der Waals surface area contributed by atoms with Gasteiger partial charge in [-0.2, -0.15) is 0 Å². The number of para-hydroxylation sites is 1. The smallest absolute Gasteiger partial charge is 0.265 e. The van der Waals surface area contributed by atoms with Gasteiger partial charge >= 0.3 is 0 Å². The molecule has 5 heteroatoms. The van der Waals surface area contributed by atoms with E-state index < -0.39 is 12.0 Å². The lowest BCUT2D eigenvalue weighted by Gasteiger charge is -2.20. The van der Waals surface area contributed by atoms with Crippen LogP contribution in [0.5, 0.6) is 5.75 Å². The fourth-order valence-corrected chi connectivity index (χ4v) is 2.35. The molecule has 0 bridgehead atoms. The standard InChI is InChI=1S/C19H22N2O3/c1-4-16(24-17-11-7-8-12(2)13(17)3)19(23)21-15-10-6-5-9-14(15)18(20)22/h5-11,16H,4H2,1-3H3,(H2,20,22)(H,21,23)/t16-/m1/s1. The molecule has 2 aromatic carbocycles. The van der Waals surface area contributed by atoms with Crippen LogP contribution in [0.1, 0.15) is 34.8 Å². The zero-order valence-corrected chi connectivity index (χ0v) is 14.1. The summed E-state index contributed by atoms with van der Waals surface area (Å²) >= 11 is 0. The quantitative estimate of drug-likeness (QED) is 0.855. The van der Waals surface area contributed by atoms with Gasteiger partial charge in [-0.25, -0.2) is 0 Å². The molecule has 0 radical (unpaired) electrons. The molecule has 0 aliphatic rings. The Morgan fingerprint density at radius 1 is 1.12 bits per heavy atom. The molecule has 5 nitrogen and oxygen atoms in total. The maximum atomic E-state index is 12.5. The number of carbonyl (C=O) groups excluding carboxylic acids is 2. The molecule has 3 N–H and O–H groups in total. The molecule has 2 amide bonds. The fraction of sp³-hybridized carbons (Fsp3) is 0.263. The molecule has 2 aromatic rings. The lowest BCUT2D eigenvalue weighted by atomic mass is 10.1. The second-order valence-corrected chi connectivity index (χ2v) is 5.61. The average molecular weight is 326 g/mol. The van der Waals surface area contributed by atoms with Crippen LogP contribution < -0.4 is 15.8 Å². The molecule has 0 saturated heterocycles. The number of aryl methyl sites for hydroxylation is 1. The van der Waals surface area contributed by atoms with Crippen molar-refractivity contribution in [1.29, 1.82) is 0 Å². The van der Waals surface area contributed by atoms with Gasteiger partial charge in [0.25, 0.3) is 11.8 Å². The molecule has 0 aliphatic carbocycles. The summed E-state index contributed by atoms with van der Waals surface area (Å²) in [5, 5.41) is 2.73. The summed E-state index contributed by atoms with van der Waals surface area (Å²) in [7, 11) is 0. The Morgan fingerprint density at radius 3 is 2.50 bits per heavy atom. The van der Waals surface area contributed by atoms with Gasteiger partial charge in [-0.15, -0.1) is 0 Å². The maximum absolute atomic E-state index is 12.5. The second-order valence-electron chi connectivity index (χ2n) is 5.61. The Balaban J connectivity index is 2.18. The highest BCUT2D eigenvalue weighted by Crippen LogP contribution is 2.23.